The molecule has 0 saturated carbocycles. The fourth-order valence-electron chi connectivity index (χ4n) is 2.03. The van der Waals surface area contributed by atoms with Crippen LogP contribution in [0.2, 0.25) is 10.0 Å². The second kappa shape index (κ2) is 6.29. The molecule has 1 amide bonds. The number of anilines is 1. The van der Waals surface area contributed by atoms with Crippen molar-refractivity contribution in [2.75, 3.05) is 5.32 Å². The third kappa shape index (κ3) is 3.74. The summed E-state index contributed by atoms with van der Waals surface area (Å²) in [5.41, 5.74) is 3.62. The third-order valence-corrected chi connectivity index (χ3v) is 3.47. The Morgan fingerprint density at radius 3 is 2.45 bits per heavy atom. The molecule has 2 rings (SSSR count). The Balaban J connectivity index is 1.96. The summed E-state index contributed by atoms with van der Waals surface area (Å²) in [6, 6.07) is 4.95. The van der Waals surface area contributed by atoms with Crippen molar-refractivity contribution < 1.29 is 4.79 Å². The molecule has 0 saturated heterocycles. The molecule has 0 radical (unpaired) electrons. The number of carbonyl (C=O) groups excluding carboxylic acids is 1. The van der Waals surface area contributed by atoms with Crippen molar-refractivity contribution in [3.8, 4) is 0 Å². The molecule has 106 valence electrons. The minimum Gasteiger partial charge on any atom is -0.326 e. The van der Waals surface area contributed by atoms with Gasteiger partial charge in [0.25, 0.3) is 0 Å². The monoisotopic (exact) mass is 311 g/mol. The summed E-state index contributed by atoms with van der Waals surface area (Å²) in [6.07, 6.45) is 1.03. The van der Waals surface area contributed by atoms with Crippen LogP contribution in [0, 0.1) is 13.8 Å². The van der Waals surface area contributed by atoms with E-state index in [9.17, 15) is 4.79 Å². The van der Waals surface area contributed by atoms with Crippen LogP contribution in [0.25, 0.3) is 0 Å². The second-order valence-electron chi connectivity index (χ2n) is 4.62. The summed E-state index contributed by atoms with van der Waals surface area (Å²) < 4.78 is 0. The summed E-state index contributed by atoms with van der Waals surface area (Å²) in [6.45, 7) is 3.87. The van der Waals surface area contributed by atoms with E-state index in [2.05, 4.69) is 15.5 Å². The van der Waals surface area contributed by atoms with E-state index in [1.54, 1.807) is 18.2 Å². The number of hydrogen-bond donors (Lipinski definition) is 2. The average Bonchev–Trinajstić information content (AvgIpc) is 2.65. The Hall–Kier alpha value is -1.52. The van der Waals surface area contributed by atoms with Gasteiger partial charge in [0.1, 0.15) is 0 Å². The molecule has 0 aliphatic carbocycles. The van der Waals surface area contributed by atoms with Gasteiger partial charge in [-0.1, -0.05) is 23.2 Å². The van der Waals surface area contributed by atoms with E-state index in [-0.39, 0.29) is 5.91 Å². The summed E-state index contributed by atoms with van der Waals surface area (Å²) in [5.74, 6) is -0.0802. The van der Waals surface area contributed by atoms with Crippen molar-refractivity contribution in [1.82, 2.24) is 10.2 Å². The van der Waals surface area contributed by atoms with Crippen molar-refractivity contribution >= 4 is 34.8 Å². The van der Waals surface area contributed by atoms with Crippen molar-refractivity contribution in [2.24, 2.45) is 0 Å². The number of benzene rings is 1. The molecule has 0 fully saturated rings. The number of aryl methyl sites for hydroxylation is 2. The Labute approximate surface area is 127 Å². The number of nitrogens with one attached hydrogen (secondary N) is 2. The van der Waals surface area contributed by atoms with E-state index in [1.807, 2.05) is 13.8 Å². The highest BCUT2D eigenvalue weighted by Crippen LogP contribution is 2.22. The van der Waals surface area contributed by atoms with Crippen LogP contribution in [-0.2, 0) is 11.2 Å². The highest BCUT2D eigenvalue weighted by atomic mass is 35.5. The van der Waals surface area contributed by atoms with E-state index >= 15 is 0 Å². The van der Waals surface area contributed by atoms with Gasteiger partial charge in [-0.2, -0.15) is 5.10 Å². The van der Waals surface area contributed by atoms with Gasteiger partial charge in [0.05, 0.1) is 5.69 Å². The molecular formula is C14H15Cl2N3O. The van der Waals surface area contributed by atoms with Crippen LogP contribution in [-0.4, -0.2) is 16.1 Å². The maximum absolute atomic E-state index is 11.9. The first-order chi connectivity index (χ1) is 9.45. The molecule has 0 bridgehead atoms. The van der Waals surface area contributed by atoms with E-state index < -0.39 is 0 Å². The predicted molar refractivity (Wildman–Crippen MR) is 81.5 cm³/mol. The number of hydrogen-bond acceptors (Lipinski definition) is 2. The topological polar surface area (TPSA) is 57.8 Å². The molecule has 0 spiro atoms. The van der Waals surface area contributed by atoms with Gasteiger partial charge in [0.2, 0.25) is 5.91 Å². The van der Waals surface area contributed by atoms with Crippen LogP contribution in [0.5, 0.6) is 0 Å². The summed E-state index contributed by atoms with van der Waals surface area (Å²) >= 11 is 11.8. The third-order valence-electron chi connectivity index (χ3n) is 3.03. The molecule has 0 aliphatic heterocycles. The Morgan fingerprint density at radius 1 is 1.25 bits per heavy atom. The lowest BCUT2D eigenvalue weighted by atomic mass is 10.1. The normalized spacial score (nSPS) is 10.6. The predicted octanol–water partition coefficient (Wildman–Crippen LogP) is 3.90. The van der Waals surface area contributed by atoms with Crippen LogP contribution in [0.3, 0.4) is 0 Å². The fraction of sp³-hybridized carbons (Fsp3) is 0.286. The smallest absolute Gasteiger partial charge is 0.224 e. The lowest BCUT2D eigenvalue weighted by molar-refractivity contribution is -0.116. The van der Waals surface area contributed by atoms with Crippen molar-refractivity contribution in [3.63, 3.8) is 0 Å². The molecule has 2 aromatic rings. The van der Waals surface area contributed by atoms with Gasteiger partial charge < -0.3 is 5.32 Å². The maximum atomic E-state index is 11.9. The minimum absolute atomic E-state index is 0.0802. The number of rotatable bonds is 4. The van der Waals surface area contributed by atoms with Gasteiger partial charge in [0.15, 0.2) is 0 Å². The molecular weight excluding hydrogens is 297 g/mol. The van der Waals surface area contributed by atoms with Crippen LogP contribution >= 0.6 is 23.2 Å². The number of halogens is 2. The first-order valence-electron chi connectivity index (χ1n) is 6.22. The Bertz CT molecular complexity index is 598. The summed E-state index contributed by atoms with van der Waals surface area (Å²) in [5, 5.41) is 10.8. The van der Waals surface area contributed by atoms with Crippen LogP contribution in [0.15, 0.2) is 18.2 Å². The number of amides is 1. The SMILES string of the molecule is Cc1n[nH]c(C)c1CCC(=O)Nc1cc(Cl)cc(Cl)c1. The molecule has 0 unspecified atom stereocenters. The van der Waals surface area contributed by atoms with Gasteiger partial charge in [-0.25, -0.2) is 0 Å². The number of aromatic nitrogens is 2. The highest BCUT2D eigenvalue weighted by Gasteiger charge is 2.10. The van der Waals surface area contributed by atoms with Gasteiger partial charge in [-0.05, 0) is 44.0 Å². The molecule has 20 heavy (non-hydrogen) atoms. The molecule has 2 N–H and O–H groups in total. The van der Waals surface area contributed by atoms with E-state index in [1.165, 1.54) is 0 Å². The zero-order chi connectivity index (χ0) is 14.7. The summed E-state index contributed by atoms with van der Waals surface area (Å²) in [7, 11) is 0. The largest absolute Gasteiger partial charge is 0.326 e. The first-order valence-corrected chi connectivity index (χ1v) is 6.97. The number of H-pyrrole nitrogens is 1. The summed E-state index contributed by atoms with van der Waals surface area (Å²) in [4.78, 5) is 11.9. The standard InChI is InChI=1S/C14H15Cl2N3O/c1-8-13(9(2)19-18-8)3-4-14(20)17-12-6-10(15)5-11(16)7-12/h5-7H,3-4H2,1-2H3,(H,17,20)(H,18,19). The van der Waals surface area contributed by atoms with E-state index in [0.29, 0.717) is 28.6 Å². The van der Waals surface area contributed by atoms with Gasteiger partial charge in [-0.3, -0.25) is 9.89 Å². The lowest BCUT2D eigenvalue weighted by Crippen LogP contribution is -2.12. The molecule has 1 heterocycles. The van der Waals surface area contributed by atoms with Crippen molar-refractivity contribution in [3.05, 3.63) is 45.2 Å². The van der Waals surface area contributed by atoms with E-state index in [0.717, 1.165) is 17.0 Å². The maximum Gasteiger partial charge on any atom is 0.224 e. The van der Waals surface area contributed by atoms with Crippen LogP contribution in [0.1, 0.15) is 23.4 Å². The number of carbonyl (C=O) groups is 1. The number of aromatic amines is 1. The molecule has 4 nitrogen and oxygen atoms in total. The Morgan fingerprint density at radius 2 is 1.90 bits per heavy atom. The highest BCUT2D eigenvalue weighted by molar-refractivity contribution is 6.35. The fourth-order valence-corrected chi connectivity index (χ4v) is 2.56. The van der Waals surface area contributed by atoms with Crippen molar-refractivity contribution in [1.29, 1.82) is 0 Å². The quantitative estimate of drug-likeness (QED) is 0.899. The van der Waals surface area contributed by atoms with Gasteiger partial charge in [0, 0.05) is 27.8 Å². The first kappa shape index (κ1) is 14.9. The Kier molecular flexibility index (Phi) is 4.68. The lowest BCUT2D eigenvalue weighted by Gasteiger charge is -2.06. The second-order valence-corrected chi connectivity index (χ2v) is 5.49. The van der Waals surface area contributed by atoms with Gasteiger partial charge in [-0.15, -0.1) is 0 Å². The van der Waals surface area contributed by atoms with Crippen LogP contribution in [0.4, 0.5) is 5.69 Å². The average molecular weight is 312 g/mol. The molecule has 1 aromatic heterocycles. The molecule has 1 aromatic carbocycles. The van der Waals surface area contributed by atoms with Crippen molar-refractivity contribution in [2.45, 2.75) is 26.7 Å². The zero-order valence-corrected chi connectivity index (χ0v) is 12.8. The van der Waals surface area contributed by atoms with E-state index in [4.69, 9.17) is 23.2 Å². The molecule has 6 heteroatoms. The molecule has 0 atom stereocenters. The number of nitrogens with zero attached hydrogens (tertiary/aromatic N) is 1. The minimum atomic E-state index is -0.0802. The van der Waals surface area contributed by atoms with Crippen LogP contribution < -0.4 is 5.32 Å². The van der Waals surface area contributed by atoms with Gasteiger partial charge >= 0.3 is 0 Å². The zero-order valence-electron chi connectivity index (χ0n) is 11.3. The molecule has 0 aliphatic rings.